The highest BCUT2D eigenvalue weighted by Gasteiger charge is 2.27. The van der Waals surface area contributed by atoms with Crippen molar-refractivity contribution in [1.29, 1.82) is 0 Å². The number of benzene rings is 1. The van der Waals surface area contributed by atoms with E-state index in [0.717, 1.165) is 11.1 Å². The standard InChI is InChI=1S/C13H13F2N3OS/c1-7-5-4-6-8(2)10(7)18(3)13(19)11-9(12(14)15)16-17-20-11/h4-6,12H,1-3H3. The molecule has 0 atom stereocenters. The van der Waals surface area contributed by atoms with Crippen LogP contribution in [0.1, 0.15) is 32.9 Å². The number of rotatable bonds is 3. The van der Waals surface area contributed by atoms with Gasteiger partial charge >= 0.3 is 0 Å². The minimum Gasteiger partial charge on any atom is -0.310 e. The molecule has 2 aromatic rings. The average Bonchev–Trinajstić information content (AvgIpc) is 2.86. The second kappa shape index (κ2) is 5.62. The Morgan fingerprint density at radius 2 is 1.90 bits per heavy atom. The molecule has 0 saturated heterocycles. The summed E-state index contributed by atoms with van der Waals surface area (Å²) in [5.41, 5.74) is 1.96. The summed E-state index contributed by atoms with van der Waals surface area (Å²) in [5.74, 6) is -0.521. The van der Waals surface area contributed by atoms with E-state index in [9.17, 15) is 13.6 Å². The van der Waals surface area contributed by atoms with Crippen molar-refractivity contribution < 1.29 is 13.6 Å². The number of aromatic nitrogens is 2. The van der Waals surface area contributed by atoms with Crippen molar-refractivity contribution >= 4 is 23.1 Å². The molecule has 0 bridgehead atoms. The van der Waals surface area contributed by atoms with Crippen LogP contribution in [0.25, 0.3) is 0 Å². The van der Waals surface area contributed by atoms with Gasteiger partial charge in [-0.05, 0) is 36.5 Å². The van der Waals surface area contributed by atoms with E-state index in [1.54, 1.807) is 7.05 Å². The summed E-state index contributed by atoms with van der Waals surface area (Å²) in [6, 6.07) is 5.61. The van der Waals surface area contributed by atoms with Crippen LogP contribution in [0.3, 0.4) is 0 Å². The maximum Gasteiger partial charge on any atom is 0.283 e. The van der Waals surface area contributed by atoms with Crippen molar-refractivity contribution in [2.45, 2.75) is 20.3 Å². The molecule has 1 aromatic heterocycles. The predicted molar refractivity (Wildman–Crippen MR) is 73.5 cm³/mol. The van der Waals surface area contributed by atoms with E-state index in [1.165, 1.54) is 4.90 Å². The van der Waals surface area contributed by atoms with E-state index in [0.29, 0.717) is 17.2 Å². The molecule has 4 nitrogen and oxygen atoms in total. The molecule has 7 heteroatoms. The molecule has 20 heavy (non-hydrogen) atoms. The fraction of sp³-hybridized carbons (Fsp3) is 0.308. The van der Waals surface area contributed by atoms with Gasteiger partial charge in [0, 0.05) is 12.7 Å². The molecule has 0 radical (unpaired) electrons. The van der Waals surface area contributed by atoms with Gasteiger partial charge in [-0.15, -0.1) is 5.10 Å². The van der Waals surface area contributed by atoms with Gasteiger partial charge in [-0.25, -0.2) is 8.78 Å². The lowest BCUT2D eigenvalue weighted by atomic mass is 10.1. The van der Waals surface area contributed by atoms with Crippen molar-refractivity contribution in [3.63, 3.8) is 0 Å². The summed E-state index contributed by atoms with van der Waals surface area (Å²) < 4.78 is 29.0. The lowest BCUT2D eigenvalue weighted by molar-refractivity contribution is 0.0981. The predicted octanol–water partition coefficient (Wildman–Crippen LogP) is 3.37. The first-order chi connectivity index (χ1) is 9.43. The molecule has 0 saturated carbocycles. The number of anilines is 1. The van der Waals surface area contributed by atoms with Gasteiger partial charge in [0.25, 0.3) is 12.3 Å². The largest absolute Gasteiger partial charge is 0.310 e. The van der Waals surface area contributed by atoms with Crippen LogP contribution in [0.4, 0.5) is 14.5 Å². The molecular formula is C13H13F2N3OS. The molecule has 0 fully saturated rings. The van der Waals surface area contributed by atoms with Gasteiger partial charge in [0.2, 0.25) is 0 Å². The van der Waals surface area contributed by atoms with E-state index >= 15 is 0 Å². The van der Waals surface area contributed by atoms with Crippen LogP contribution < -0.4 is 4.90 Å². The van der Waals surface area contributed by atoms with Crippen molar-refractivity contribution in [1.82, 2.24) is 9.59 Å². The number of hydrogen-bond donors (Lipinski definition) is 0. The number of aryl methyl sites for hydroxylation is 2. The normalized spacial score (nSPS) is 10.9. The Bertz CT molecular complexity index is 622. The van der Waals surface area contributed by atoms with Gasteiger partial charge in [-0.2, -0.15) is 0 Å². The lowest BCUT2D eigenvalue weighted by Crippen LogP contribution is -2.27. The van der Waals surface area contributed by atoms with Crippen LogP contribution in [0, 0.1) is 13.8 Å². The van der Waals surface area contributed by atoms with E-state index in [-0.39, 0.29) is 4.88 Å². The third-order valence-electron chi connectivity index (χ3n) is 2.99. The maximum absolute atomic E-state index is 12.8. The third kappa shape index (κ3) is 2.53. The molecule has 106 valence electrons. The Labute approximate surface area is 119 Å². The molecule has 2 rings (SSSR count). The van der Waals surface area contributed by atoms with E-state index in [2.05, 4.69) is 9.59 Å². The van der Waals surface area contributed by atoms with Crippen LogP contribution in [-0.2, 0) is 0 Å². The van der Waals surface area contributed by atoms with Crippen molar-refractivity contribution in [3.8, 4) is 0 Å². The van der Waals surface area contributed by atoms with Crippen LogP contribution in [0.5, 0.6) is 0 Å². The number of para-hydroxylation sites is 1. The minimum absolute atomic E-state index is 0.120. The third-order valence-corrected chi connectivity index (χ3v) is 3.72. The SMILES string of the molecule is Cc1cccc(C)c1N(C)C(=O)c1snnc1C(F)F. The highest BCUT2D eigenvalue weighted by molar-refractivity contribution is 7.08. The van der Waals surface area contributed by atoms with Crippen molar-refractivity contribution in [2.24, 2.45) is 0 Å². The number of carbonyl (C=O) groups excluding carboxylic acids is 1. The molecule has 0 aliphatic heterocycles. The van der Waals surface area contributed by atoms with Crippen LogP contribution >= 0.6 is 11.5 Å². The highest BCUT2D eigenvalue weighted by Crippen LogP contribution is 2.28. The zero-order valence-corrected chi connectivity index (χ0v) is 12.0. The molecule has 1 aromatic carbocycles. The van der Waals surface area contributed by atoms with E-state index in [4.69, 9.17) is 0 Å². The number of hydrogen-bond acceptors (Lipinski definition) is 4. The van der Waals surface area contributed by atoms with Gasteiger partial charge in [0.05, 0.1) is 0 Å². The van der Waals surface area contributed by atoms with Crippen molar-refractivity contribution in [3.05, 3.63) is 39.9 Å². The number of nitrogens with zero attached hydrogens (tertiary/aromatic N) is 3. The highest BCUT2D eigenvalue weighted by atomic mass is 32.1. The summed E-state index contributed by atoms with van der Waals surface area (Å²) in [4.78, 5) is 13.6. The number of amides is 1. The number of carbonyl (C=O) groups is 1. The number of alkyl halides is 2. The summed E-state index contributed by atoms with van der Waals surface area (Å²) >= 11 is 0.688. The number of halogens is 2. The van der Waals surface area contributed by atoms with Crippen LogP contribution in [0.15, 0.2) is 18.2 Å². The Morgan fingerprint density at radius 3 is 2.45 bits per heavy atom. The molecule has 0 spiro atoms. The van der Waals surface area contributed by atoms with Crippen molar-refractivity contribution in [2.75, 3.05) is 11.9 Å². The molecular weight excluding hydrogens is 284 g/mol. The van der Waals surface area contributed by atoms with Gasteiger partial charge in [0.1, 0.15) is 4.88 Å². The molecule has 0 aliphatic rings. The zero-order chi connectivity index (χ0) is 14.9. The van der Waals surface area contributed by atoms with Crippen LogP contribution in [-0.4, -0.2) is 22.5 Å². The molecule has 1 amide bonds. The van der Waals surface area contributed by atoms with Crippen LogP contribution in [0.2, 0.25) is 0 Å². The van der Waals surface area contributed by atoms with E-state index in [1.807, 2.05) is 32.0 Å². The van der Waals surface area contributed by atoms with Gasteiger partial charge < -0.3 is 4.90 Å². The van der Waals surface area contributed by atoms with Gasteiger partial charge in [-0.1, -0.05) is 22.7 Å². The van der Waals surface area contributed by atoms with E-state index < -0.39 is 18.0 Å². The Hall–Kier alpha value is -1.89. The smallest absolute Gasteiger partial charge is 0.283 e. The summed E-state index contributed by atoms with van der Waals surface area (Å²) in [5, 5.41) is 3.33. The fourth-order valence-corrected chi connectivity index (χ4v) is 2.73. The molecule has 0 aliphatic carbocycles. The Morgan fingerprint density at radius 1 is 1.30 bits per heavy atom. The summed E-state index contributed by atoms with van der Waals surface area (Å²) in [6.45, 7) is 3.73. The Kier molecular flexibility index (Phi) is 4.08. The molecule has 1 heterocycles. The van der Waals surface area contributed by atoms with Gasteiger partial charge in [-0.3, -0.25) is 4.79 Å². The summed E-state index contributed by atoms with van der Waals surface area (Å²) in [7, 11) is 1.56. The second-order valence-electron chi connectivity index (χ2n) is 4.39. The summed E-state index contributed by atoms with van der Waals surface area (Å²) in [6.07, 6.45) is -2.81. The lowest BCUT2D eigenvalue weighted by Gasteiger charge is -2.21. The second-order valence-corrected chi connectivity index (χ2v) is 5.15. The minimum atomic E-state index is -2.81. The average molecular weight is 297 g/mol. The van der Waals surface area contributed by atoms with Gasteiger partial charge in [0.15, 0.2) is 5.69 Å². The zero-order valence-electron chi connectivity index (χ0n) is 11.2. The first-order valence-electron chi connectivity index (χ1n) is 5.88. The maximum atomic E-state index is 12.8. The Balaban J connectivity index is 2.41. The fourth-order valence-electron chi connectivity index (χ4n) is 2.08. The quantitative estimate of drug-likeness (QED) is 0.872. The molecule has 0 unspecified atom stereocenters. The first kappa shape index (κ1) is 14.5. The monoisotopic (exact) mass is 297 g/mol. The molecule has 0 N–H and O–H groups in total. The topological polar surface area (TPSA) is 46.1 Å². The first-order valence-corrected chi connectivity index (χ1v) is 6.65.